The zero-order valence-electron chi connectivity index (χ0n) is 9.63. The van der Waals surface area contributed by atoms with Gasteiger partial charge in [0.05, 0.1) is 5.69 Å². The second kappa shape index (κ2) is 3.96. The molecular weight excluding hydrogens is 250 g/mol. The summed E-state index contributed by atoms with van der Waals surface area (Å²) < 4.78 is 1.53. The maximum absolute atomic E-state index is 6.01. The molecule has 3 aromatic rings. The minimum atomic E-state index is 0.316. The van der Waals surface area contributed by atoms with Gasteiger partial charge < -0.3 is 5.73 Å². The van der Waals surface area contributed by atoms with Crippen molar-refractivity contribution in [3.8, 4) is 11.1 Å². The molecule has 2 N–H and O–H groups in total. The van der Waals surface area contributed by atoms with Crippen LogP contribution in [0.5, 0.6) is 0 Å². The van der Waals surface area contributed by atoms with Crippen LogP contribution in [0, 0.1) is 6.92 Å². The molecule has 0 saturated heterocycles. The van der Waals surface area contributed by atoms with E-state index in [2.05, 4.69) is 15.1 Å². The van der Waals surface area contributed by atoms with Crippen LogP contribution in [-0.4, -0.2) is 19.6 Å². The van der Waals surface area contributed by atoms with Gasteiger partial charge in [0.1, 0.15) is 6.33 Å². The van der Waals surface area contributed by atoms with E-state index in [1.807, 2.05) is 31.2 Å². The Labute approximate surface area is 108 Å². The number of nitrogens with two attached hydrogens (primary N) is 1. The van der Waals surface area contributed by atoms with E-state index < -0.39 is 0 Å². The predicted octanol–water partition coefficient (Wildman–Crippen LogP) is 2.34. The summed E-state index contributed by atoms with van der Waals surface area (Å²) >= 11 is 6.01. The highest BCUT2D eigenvalue weighted by molar-refractivity contribution is 6.30. The molecule has 18 heavy (non-hydrogen) atoms. The normalized spacial score (nSPS) is 11.0. The van der Waals surface area contributed by atoms with Gasteiger partial charge >= 0.3 is 0 Å². The molecule has 2 heterocycles. The lowest BCUT2D eigenvalue weighted by Crippen LogP contribution is -2.02. The van der Waals surface area contributed by atoms with Crippen LogP contribution in [0.1, 0.15) is 5.69 Å². The molecule has 5 nitrogen and oxygen atoms in total. The van der Waals surface area contributed by atoms with Gasteiger partial charge in [0, 0.05) is 10.6 Å². The largest absolute Gasteiger partial charge is 0.368 e. The van der Waals surface area contributed by atoms with Crippen molar-refractivity contribution < 1.29 is 0 Å². The van der Waals surface area contributed by atoms with Crippen molar-refractivity contribution in [2.45, 2.75) is 6.92 Å². The molecule has 0 radical (unpaired) electrons. The van der Waals surface area contributed by atoms with Gasteiger partial charge in [0.25, 0.3) is 0 Å². The van der Waals surface area contributed by atoms with Crippen LogP contribution in [0.2, 0.25) is 5.02 Å². The molecule has 90 valence electrons. The standard InChI is InChI=1S/C12H10ClN5/c1-7-10(8-3-2-4-9(13)5-8)11-15-6-16-12(14)18(11)17-7/h2-6H,1H3,(H2,14,15,16). The number of fused-ring (bicyclic) bond motifs is 1. The predicted molar refractivity (Wildman–Crippen MR) is 70.4 cm³/mol. The smallest absolute Gasteiger partial charge is 0.224 e. The van der Waals surface area contributed by atoms with E-state index in [1.54, 1.807) is 0 Å². The van der Waals surface area contributed by atoms with Crippen molar-refractivity contribution in [3.63, 3.8) is 0 Å². The van der Waals surface area contributed by atoms with Gasteiger partial charge in [-0.15, -0.1) is 0 Å². The molecule has 1 aromatic carbocycles. The summed E-state index contributed by atoms with van der Waals surface area (Å²) in [5.74, 6) is 0.316. The molecule has 0 aliphatic carbocycles. The molecular formula is C12H10ClN5. The summed E-state index contributed by atoms with van der Waals surface area (Å²) in [6.45, 7) is 1.91. The Hall–Kier alpha value is -2.14. The number of nitrogen functional groups attached to an aromatic ring is 1. The van der Waals surface area contributed by atoms with Gasteiger partial charge in [-0.2, -0.15) is 9.61 Å². The number of hydrogen-bond donors (Lipinski definition) is 1. The SMILES string of the molecule is Cc1nn2c(N)ncnc2c1-c1cccc(Cl)c1. The second-order valence-electron chi connectivity index (χ2n) is 3.94. The van der Waals surface area contributed by atoms with Crippen LogP contribution in [-0.2, 0) is 0 Å². The number of rotatable bonds is 1. The average molecular weight is 260 g/mol. The lowest BCUT2D eigenvalue weighted by molar-refractivity contribution is 0.892. The number of aryl methyl sites for hydroxylation is 1. The fourth-order valence-electron chi connectivity index (χ4n) is 1.97. The molecule has 0 aliphatic heterocycles. The average Bonchev–Trinajstić information content (AvgIpc) is 2.67. The molecule has 0 saturated carbocycles. The molecule has 0 amide bonds. The maximum atomic E-state index is 6.01. The maximum Gasteiger partial charge on any atom is 0.224 e. The molecule has 0 fully saturated rings. The zero-order valence-corrected chi connectivity index (χ0v) is 10.4. The first kappa shape index (κ1) is 11.0. The van der Waals surface area contributed by atoms with Gasteiger partial charge in [-0.1, -0.05) is 23.7 Å². The minimum Gasteiger partial charge on any atom is -0.368 e. The number of hydrogen-bond acceptors (Lipinski definition) is 4. The van der Waals surface area contributed by atoms with E-state index in [9.17, 15) is 0 Å². The van der Waals surface area contributed by atoms with E-state index in [-0.39, 0.29) is 0 Å². The van der Waals surface area contributed by atoms with Crippen molar-refractivity contribution in [2.75, 3.05) is 5.73 Å². The monoisotopic (exact) mass is 259 g/mol. The molecule has 3 rings (SSSR count). The third-order valence-corrected chi connectivity index (χ3v) is 2.97. The molecule has 2 aromatic heterocycles. The summed E-state index contributed by atoms with van der Waals surface area (Å²) in [7, 11) is 0. The lowest BCUT2D eigenvalue weighted by atomic mass is 10.1. The molecule has 0 atom stereocenters. The van der Waals surface area contributed by atoms with Gasteiger partial charge in [0.2, 0.25) is 5.95 Å². The molecule has 6 heteroatoms. The van der Waals surface area contributed by atoms with Crippen molar-refractivity contribution in [2.24, 2.45) is 0 Å². The molecule has 0 bridgehead atoms. The number of aromatic nitrogens is 4. The number of nitrogens with zero attached hydrogens (tertiary/aromatic N) is 4. The van der Waals surface area contributed by atoms with Crippen LogP contribution in [0.25, 0.3) is 16.8 Å². The molecule has 0 spiro atoms. The highest BCUT2D eigenvalue weighted by Crippen LogP contribution is 2.29. The van der Waals surface area contributed by atoms with Crippen LogP contribution in [0.3, 0.4) is 0 Å². The van der Waals surface area contributed by atoms with Gasteiger partial charge in [-0.05, 0) is 24.6 Å². The Bertz CT molecular complexity index is 734. The van der Waals surface area contributed by atoms with E-state index in [4.69, 9.17) is 17.3 Å². The third kappa shape index (κ3) is 1.60. The van der Waals surface area contributed by atoms with Crippen molar-refractivity contribution >= 4 is 23.2 Å². The van der Waals surface area contributed by atoms with Crippen LogP contribution in [0.4, 0.5) is 5.95 Å². The summed E-state index contributed by atoms with van der Waals surface area (Å²) in [5, 5.41) is 5.02. The Kier molecular flexibility index (Phi) is 2.41. The summed E-state index contributed by atoms with van der Waals surface area (Å²) in [5.41, 5.74) is 9.18. The quantitative estimate of drug-likeness (QED) is 0.728. The van der Waals surface area contributed by atoms with E-state index in [0.29, 0.717) is 16.6 Å². The van der Waals surface area contributed by atoms with Crippen LogP contribution in [0.15, 0.2) is 30.6 Å². The van der Waals surface area contributed by atoms with E-state index >= 15 is 0 Å². The first-order valence-corrected chi connectivity index (χ1v) is 5.76. The van der Waals surface area contributed by atoms with Gasteiger partial charge in [-0.25, -0.2) is 9.97 Å². The Morgan fingerprint density at radius 3 is 2.89 bits per heavy atom. The second-order valence-corrected chi connectivity index (χ2v) is 4.37. The van der Waals surface area contributed by atoms with Crippen molar-refractivity contribution in [1.29, 1.82) is 0 Å². The highest BCUT2D eigenvalue weighted by atomic mass is 35.5. The number of halogens is 1. The Morgan fingerprint density at radius 1 is 1.28 bits per heavy atom. The first-order chi connectivity index (χ1) is 8.66. The minimum absolute atomic E-state index is 0.316. The van der Waals surface area contributed by atoms with Crippen LogP contribution < -0.4 is 5.73 Å². The molecule has 0 aliphatic rings. The third-order valence-electron chi connectivity index (χ3n) is 2.74. The van der Waals surface area contributed by atoms with Crippen LogP contribution >= 0.6 is 11.6 Å². The highest BCUT2D eigenvalue weighted by Gasteiger charge is 2.14. The zero-order chi connectivity index (χ0) is 12.7. The number of anilines is 1. The Balaban J connectivity index is 2.36. The summed E-state index contributed by atoms with van der Waals surface area (Å²) in [6.07, 6.45) is 1.43. The topological polar surface area (TPSA) is 69.1 Å². The fraction of sp³-hybridized carbons (Fsp3) is 0.0833. The summed E-state index contributed by atoms with van der Waals surface area (Å²) in [4.78, 5) is 8.15. The van der Waals surface area contributed by atoms with Crippen molar-refractivity contribution in [3.05, 3.63) is 41.3 Å². The van der Waals surface area contributed by atoms with Gasteiger partial charge in [-0.3, -0.25) is 0 Å². The first-order valence-electron chi connectivity index (χ1n) is 5.38. The molecule has 0 unspecified atom stereocenters. The van der Waals surface area contributed by atoms with Gasteiger partial charge in [0.15, 0.2) is 5.65 Å². The lowest BCUT2D eigenvalue weighted by Gasteiger charge is -2.01. The fourth-order valence-corrected chi connectivity index (χ4v) is 2.16. The van der Waals surface area contributed by atoms with Crippen molar-refractivity contribution in [1.82, 2.24) is 19.6 Å². The van der Waals surface area contributed by atoms with E-state index in [0.717, 1.165) is 16.8 Å². The van der Waals surface area contributed by atoms with E-state index in [1.165, 1.54) is 10.8 Å². The Morgan fingerprint density at radius 2 is 2.11 bits per heavy atom. The summed E-state index contributed by atoms with van der Waals surface area (Å²) in [6, 6.07) is 7.57. The number of benzene rings is 1.